The number of nitrogens with one attached hydrogen (secondary N) is 1. The lowest BCUT2D eigenvalue weighted by Crippen LogP contribution is -2.12. The number of aromatic amines is 1. The number of benzene rings is 1. The summed E-state index contributed by atoms with van der Waals surface area (Å²) in [5.41, 5.74) is 1.14. The predicted octanol–water partition coefficient (Wildman–Crippen LogP) is 3.46. The summed E-state index contributed by atoms with van der Waals surface area (Å²) in [7, 11) is 0. The molecular weight excluding hydrogens is 355 g/mol. The van der Waals surface area contributed by atoms with Gasteiger partial charge in [-0.2, -0.15) is 0 Å². The highest BCUT2D eigenvalue weighted by Crippen LogP contribution is 2.26. The summed E-state index contributed by atoms with van der Waals surface area (Å²) in [4.78, 5) is 18.0. The molecule has 4 nitrogen and oxygen atoms in total. The molecule has 0 unspecified atom stereocenters. The standard InChI is InChI=1S/C14H15IN2O2/c1-14(2,3)9-4-6-10(7-5-9)19-13-11(15)12(18)16-8-17-13/h4-8H,1-3H3,(H,16,17,18). The van der Waals surface area contributed by atoms with Gasteiger partial charge in [-0.15, -0.1) is 0 Å². The third-order valence-electron chi connectivity index (χ3n) is 2.70. The van der Waals surface area contributed by atoms with Gasteiger partial charge in [-0.1, -0.05) is 32.9 Å². The van der Waals surface area contributed by atoms with E-state index in [-0.39, 0.29) is 11.0 Å². The Morgan fingerprint density at radius 3 is 2.42 bits per heavy atom. The zero-order chi connectivity index (χ0) is 14.0. The van der Waals surface area contributed by atoms with E-state index in [1.807, 2.05) is 46.9 Å². The number of halogens is 1. The molecule has 2 aromatic rings. The van der Waals surface area contributed by atoms with Gasteiger partial charge in [0.05, 0.1) is 6.33 Å². The van der Waals surface area contributed by atoms with Gasteiger partial charge in [-0.3, -0.25) is 4.79 Å². The first kappa shape index (κ1) is 14.0. The molecule has 1 aromatic heterocycles. The molecule has 2 rings (SSSR count). The molecule has 5 heteroatoms. The second kappa shape index (κ2) is 5.32. The normalized spacial score (nSPS) is 11.4. The van der Waals surface area contributed by atoms with Gasteiger partial charge in [-0.25, -0.2) is 4.98 Å². The van der Waals surface area contributed by atoms with Gasteiger partial charge >= 0.3 is 0 Å². The summed E-state index contributed by atoms with van der Waals surface area (Å²) >= 11 is 1.92. The second-order valence-corrected chi connectivity index (χ2v) is 6.31. The Balaban J connectivity index is 2.25. The van der Waals surface area contributed by atoms with Crippen molar-refractivity contribution in [2.75, 3.05) is 0 Å². The Morgan fingerprint density at radius 2 is 1.84 bits per heavy atom. The van der Waals surface area contributed by atoms with Gasteiger partial charge in [-0.05, 0) is 45.7 Å². The molecule has 0 atom stereocenters. The molecule has 0 aliphatic heterocycles. The van der Waals surface area contributed by atoms with Crippen LogP contribution in [0, 0.1) is 3.57 Å². The van der Waals surface area contributed by atoms with Crippen LogP contribution in [0.3, 0.4) is 0 Å². The van der Waals surface area contributed by atoms with Crippen molar-refractivity contribution in [3.05, 3.63) is 50.1 Å². The average molecular weight is 370 g/mol. The van der Waals surface area contributed by atoms with Crippen molar-refractivity contribution in [1.29, 1.82) is 0 Å². The van der Waals surface area contributed by atoms with Crippen molar-refractivity contribution in [3.63, 3.8) is 0 Å². The number of ether oxygens (including phenoxy) is 1. The maximum absolute atomic E-state index is 11.4. The molecule has 0 radical (unpaired) electrons. The van der Waals surface area contributed by atoms with Crippen molar-refractivity contribution < 1.29 is 4.74 Å². The van der Waals surface area contributed by atoms with E-state index in [0.717, 1.165) is 0 Å². The smallest absolute Gasteiger partial charge is 0.268 e. The molecule has 0 amide bonds. The Labute approximate surface area is 125 Å². The fraction of sp³-hybridized carbons (Fsp3) is 0.286. The molecule has 0 aliphatic rings. The molecule has 0 fully saturated rings. The Hall–Kier alpha value is -1.37. The lowest BCUT2D eigenvalue weighted by molar-refractivity contribution is 0.455. The third kappa shape index (κ3) is 3.34. The first-order chi connectivity index (χ1) is 8.88. The Morgan fingerprint density at radius 1 is 1.21 bits per heavy atom. The van der Waals surface area contributed by atoms with Gasteiger partial charge in [0.1, 0.15) is 9.32 Å². The first-order valence-corrected chi connectivity index (χ1v) is 6.97. The molecule has 0 aliphatic carbocycles. The minimum absolute atomic E-state index is 0.106. The van der Waals surface area contributed by atoms with Crippen LogP contribution in [0.2, 0.25) is 0 Å². The maximum Gasteiger partial charge on any atom is 0.268 e. The minimum atomic E-state index is -0.197. The number of hydrogen-bond donors (Lipinski definition) is 1. The van der Waals surface area contributed by atoms with Crippen molar-refractivity contribution in [3.8, 4) is 11.6 Å². The third-order valence-corrected chi connectivity index (χ3v) is 3.65. The molecule has 1 aromatic carbocycles. The van der Waals surface area contributed by atoms with Gasteiger partial charge in [0, 0.05) is 0 Å². The van der Waals surface area contributed by atoms with Crippen LogP contribution >= 0.6 is 22.6 Å². The predicted molar refractivity (Wildman–Crippen MR) is 82.8 cm³/mol. The molecule has 0 saturated heterocycles. The topological polar surface area (TPSA) is 55.0 Å². The van der Waals surface area contributed by atoms with Crippen LogP contribution in [-0.2, 0) is 5.41 Å². The van der Waals surface area contributed by atoms with Crippen molar-refractivity contribution in [2.24, 2.45) is 0 Å². The Bertz CT molecular complexity index is 627. The van der Waals surface area contributed by atoms with Gasteiger partial charge in [0.15, 0.2) is 0 Å². The van der Waals surface area contributed by atoms with Crippen molar-refractivity contribution in [2.45, 2.75) is 26.2 Å². The number of H-pyrrole nitrogens is 1. The van der Waals surface area contributed by atoms with Gasteiger partial charge < -0.3 is 9.72 Å². The Kier molecular flexibility index (Phi) is 3.93. The number of hydrogen-bond acceptors (Lipinski definition) is 3. The first-order valence-electron chi connectivity index (χ1n) is 5.89. The monoisotopic (exact) mass is 370 g/mol. The van der Waals surface area contributed by atoms with E-state index in [1.165, 1.54) is 11.9 Å². The van der Waals surface area contributed by atoms with Gasteiger partial charge in [0.25, 0.3) is 5.56 Å². The van der Waals surface area contributed by atoms with Crippen molar-refractivity contribution in [1.82, 2.24) is 9.97 Å². The zero-order valence-corrected chi connectivity index (χ0v) is 13.2. The average Bonchev–Trinajstić information content (AvgIpc) is 2.35. The van der Waals surface area contributed by atoms with Crippen LogP contribution in [0.5, 0.6) is 11.6 Å². The lowest BCUT2D eigenvalue weighted by Gasteiger charge is -2.19. The van der Waals surface area contributed by atoms with E-state index >= 15 is 0 Å². The molecule has 0 bridgehead atoms. The quantitative estimate of drug-likeness (QED) is 0.824. The molecule has 0 spiro atoms. The highest BCUT2D eigenvalue weighted by Gasteiger charge is 2.13. The van der Waals surface area contributed by atoms with Gasteiger partial charge in [0.2, 0.25) is 5.88 Å². The number of aromatic nitrogens is 2. The summed E-state index contributed by atoms with van der Waals surface area (Å²) in [6, 6.07) is 7.82. The second-order valence-electron chi connectivity index (χ2n) is 5.23. The molecule has 0 saturated carbocycles. The fourth-order valence-corrected chi connectivity index (χ4v) is 1.98. The molecule has 19 heavy (non-hydrogen) atoms. The van der Waals surface area contributed by atoms with Crippen LogP contribution in [-0.4, -0.2) is 9.97 Å². The summed E-state index contributed by atoms with van der Waals surface area (Å²) in [6.07, 6.45) is 1.34. The van der Waals surface area contributed by atoms with Crippen LogP contribution in [0.25, 0.3) is 0 Å². The van der Waals surface area contributed by atoms with E-state index in [0.29, 0.717) is 15.2 Å². The van der Waals surface area contributed by atoms with E-state index in [2.05, 4.69) is 30.7 Å². The largest absolute Gasteiger partial charge is 0.438 e. The summed E-state index contributed by atoms with van der Waals surface area (Å²) < 4.78 is 6.06. The van der Waals surface area contributed by atoms with Crippen molar-refractivity contribution >= 4 is 22.6 Å². The molecule has 1 N–H and O–H groups in total. The molecular formula is C14H15IN2O2. The maximum atomic E-state index is 11.4. The van der Waals surface area contributed by atoms with E-state index in [4.69, 9.17) is 4.74 Å². The fourth-order valence-electron chi connectivity index (χ4n) is 1.57. The van der Waals surface area contributed by atoms with E-state index in [1.54, 1.807) is 0 Å². The van der Waals surface area contributed by atoms with E-state index in [9.17, 15) is 4.79 Å². The lowest BCUT2D eigenvalue weighted by atomic mass is 9.87. The summed E-state index contributed by atoms with van der Waals surface area (Å²) in [5, 5.41) is 0. The van der Waals surface area contributed by atoms with Crippen LogP contribution < -0.4 is 10.3 Å². The SMILES string of the molecule is CC(C)(C)c1ccc(Oc2nc[nH]c(=O)c2I)cc1. The minimum Gasteiger partial charge on any atom is -0.438 e. The van der Waals surface area contributed by atoms with Crippen LogP contribution in [0.15, 0.2) is 35.4 Å². The zero-order valence-electron chi connectivity index (χ0n) is 11.0. The number of nitrogens with zero attached hydrogens (tertiary/aromatic N) is 1. The highest BCUT2D eigenvalue weighted by molar-refractivity contribution is 14.1. The van der Waals surface area contributed by atoms with E-state index < -0.39 is 0 Å². The van der Waals surface area contributed by atoms with Crippen LogP contribution in [0.1, 0.15) is 26.3 Å². The summed E-state index contributed by atoms with van der Waals surface area (Å²) in [6.45, 7) is 6.47. The highest BCUT2D eigenvalue weighted by atomic mass is 127. The molecule has 100 valence electrons. The van der Waals surface area contributed by atoms with Crippen LogP contribution in [0.4, 0.5) is 0 Å². The number of rotatable bonds is 2. The summed E-state index contributed by atoms with van der Waals surface area (Å²) in [5.74, 6) is 0.997. The molecule has 1 heterocycles.